The van der Waals surface area contributed by atoms with Crippen LogP contribution < -0.4 is 19.1 Å². The van der Waals surface area contributed by atoms with E-state index in [2.05, 4.69) is 5.32 Å². The first-order valence-corrected chi connectivity index (χ1v) is 13.5. The summed E-state index contributed by atoms with van der Waals surface area (Å²) < 4.78 is 39.0. The molecule has 1 atom stereocenters. The number of amides is 2. The molecule has 0 unspecified atom stereocenters. The SMILES string of the molecule is CC[C@H](C(=O)NC)N(Cc1ccc(OC)cc1)C(=O)CN(c1ccc(OC)cc1)S(=O)(=O)c1ccccc1. The quantitative estimate of drug-likeness (QED) is 0.378. The van der Waals surface area contributed by atoms with Gasteiger partial charge in [0, 0.05) is 13.6 Å². The summed E-state index contributed by atoms with van der Waals surface area (Å²) >= 11 is 0. The number of rotatable bonds is 12. The van der Waals surface area contributed by atoms with Gasteiger partial charge in [-0.05, 0) is 60.5 Å². The molecule has 10 heteroatoms. The Hall–Kier alpha value is -4.05. The van der Waals surface area contributed by atoms with Crippen molar-refractivity contribution in [1.29, 1.82) is 0 Å². The summed E-state index contributed by atoms with van der Waals surface area (Å²) in [4.78, 5) is 28.1. The van der Waals surface area contributed by atoms with Gasteiger partial charge in [-0.15, -0.1) is 0 Å². The monoisotopic (exact) mass is 539 g/mol. The summed E-state index contributed by atoms with van der Waals surface area (Å²) in [6, 6.07) is 20.7. The number of nitrogens with zero attached hydrogens (tertiary/aromatic N) is 2. The maximum atomic E-state index is 13.9. The highest BCUT2D eigenvalue weighted by Gasteiger charge is 2.33. The maximum Gasteiger partial charge on any atom is 0.264 e. The van der Waals surface area contributed by atoms with Crippen LogP contribution in [0.4, 0.5) is 5.69 Å². The van der Waals surface area contributed by atoms with E-state index in [9.17, 15) is 18.0 Å². The average molecular weight is 540 g/mol. The van der Waals surface area contributed by atoms with E-state index in [0.717, 1.165) is 9.87 Å². The largest absolute Gasteiger partial charge is 0.497 e. The Morgan fingerprint density at radius 3 is 1.92 bits per heavy atom. The zero-order chi connectivity index (χ0) is 27.7. The molecule has 0 aliphatic rings. The molecule has 0 radical (unpaired) electrons. The molecule has 1 N–H and O–H groups in total. The smallest absolute Gasteiger partial charge is 0.264 e. The van der Waals surface area contributed by atoms with Gasteiger partial charge in [-0.25, -0.2) is 8.42 Å². The first-order valence-electron chi connectivity index (χ1n) is 12.1. The predicted molar refractivity (Wildman–Crippen MR) is 146 cm³/mol. The van der Waals surface area contributed by atoms with Crippen molar-refractivity contribution < 1.29 is 27.5 Å². The van der Waals surface area contributed by atoms with Crippen LogP contribution >= 0.6 is 0 Å². The molecule has 0 aromatic heterocycles. The highest BCUT2D eigenvalue weighted by atomic mass is 32.2. The number of hydrogen-bond acceptors (Lipinski definition) is 6. The summed E-state index contributed by atoms with van der Waals surface area (Å²) in [5.41, 5.74) is 1.06. The van der Waals surface area contributed by atoms with Crippen LogP contribution in [0.5, 0.6) is 11.5 Å². The van der Waals surface area contributed by atoms with Gasteiger partial charge in [-0.3, -0.25) is 13.9 Å². The van der Waals surface area contributed by atoms with Crippen LogP contribution in [0.2, 0.25) is 0 Å². The second-order valence-corrected chi connectivity index (χ2v) is 10.3. The van der Waals surface area contributed by atoms with Crippen molar-refractivity contribution in [3.63, 3.8) is 0 Å². The van der Waals surface area contributed by atoms with Gasteiger partial charge in [-0.2, -0.15) is 0 Å². The lowest BCUT2D eigenvalue weighted by molar-refractivity contribution is -0.140. The number of likely N-dealkylation sites (N-methyl/N-ethyl adjacent to an activating group) is 1. The maximum absolute atomic E-state index is 13.9. The van der Waals surface area contributed by atoms with E-state index in [0.29, 0.717) is 23.6 Å². The summed E-state index contributed by atoms with van der Waals surface area (Å²) in [5, 5.41) is 2.61. The Labute approximate surface area is 224 Å². The van der Waals surface area contributed by atoms with E-state index in [1.165, 1.54) is 31.2 Å². The summed E-state index contributed by atoms with van der Waals surface area (Å²) in [5.74, 6) is 0.344. The molecule has 202 valence electrons. The van der Waals surface area contributed by atoms with E-state index in [-0.39, 0.29) is 17.3 Å². The highest BCUT2D eigenvalue weighted by Crippen LogP contribution is 2.27. The fourth-order valence-corrected chi connectivity index (χ4v) is 5.45. The predicted octanol–water partition coefficient (Wildman–Crippen LogP) is 3.45. The number of benzene rings is 3. The summed E-state index contributed by atoms with van der Waals surface area (Å²) in [6.45, 7) is 1.40. The number of carbonyl (C=O) groups is 2. The molecule has 0 fully saturated rings. The van der Waals surface area contributed by atoms with E-state index in [1.807, 2.05) is 0 Å². The Morgan fingerprint density at radius 1 is 0.868 bits per heavy atom. The lowest BCUT2D eigenvalue weighted by Gasteiger charge is -2.33. The van der Waals surface area contributed by atoms with Crippen molar-refractivity contribution in [3.05, 3.63) is 84.4 Å². The molecule has 38 heavy (non-hydrogen) atoms. The number of sulfonamides is 1. The fourth-order valence-electron chi connectivity index (χ4n) is 4.01. The molecule has 0 spiro atoms. The number of carbonyl (C=O) groups excluding carboxylic acids is 2. The molecule has 9 nitrogen and oxygen atoms in total. The van der Waals surface area contributed by atoms with Crippen molar-refractivity contribution in [3.8, 4) is 11.5 Å². The average Bonchev–Trinajstić information content (AvgIpc) is 2.96. The van der Waals surface area contributed by atoms with Gasteiger partial charge in [0.05, 0.1) is 24.8 Å². The topological polar surface area (TPSA) is 105 Å². The number of nitrogens with one attached hydrogen (secondary N) is 1. The molecule has 0 saturated carbocycles. The van der Waals surface area contributed by atoms with Crippen molar-refractivity contribution in [2.75, 3.05) is 32.1 Å². The van der Waals surface area contributed by atoms with Gasteiger partial charge in [0.25, 0.3) is 10.0 Å². The second kappa shape index (κ2) is 13.0. The van der Waals surface area contributed by atoms with Gasteiger partial charge >= 0.3 is 0 Å². The summed E-state index contributed by atoms with van der Waals surface area (Å²) in [7, 11) is 0.462. The van der Waals surface area contributed by atoms with Crippen molar-refractivity contribution >= 4 is 27.5 Å². The third-order valence-electron chi connectivity index (χ3n) is 6.11. The van der Waals surface area contributed by atoms with Crippen molar-refractivity contribution in [2.45, 2.75) is 30.8 Å². The minimum Gasteiger partial charge on any atom is -0.497 e. The number of anilines is 1. The molecule has 3 aromatic carbocycles. The Morgan fingerprint density at radius 2 is 1.42 bits per heavy atom. The Balaban J connectivity index is 2.03. The molecular weight excluding hydrogens is 506 g/mol. The van der Waals surface area contributed by atoms with Crippen LogP contribution in [0.25, 0.3) is 0 Å². The third-order valence-corrected chi connectivity index (χ3v) is 7.90. The first kappa shape index (κ1) is 28.5. The molecule has 0 bridgehead atoms. The number of hydrogen-bond donors (Lipinski definition) is 1. The van der Waals surface area contributed by atoms with Crippen LogP contribution in [0, 0.1) is 0 Å². The zero-order valence-corrected chi connectivity index (χ0v) is 22.8. The molecule has 0 aliphatic heterocycles. The lowest BCUT2D eigenvalue weighted by atomic mass is 10.1. The van der Waals surface area contributed by atoms with Crippen LogP contribution in [0.3, 0.4) is 0 Å². The van der Waals surface area contributed by atoms with Crippen LogP contribution in [0.15, 0.2) is 83.8 Å². The Kier molecular flexibility index (Phi) is 9.72. The first-order chi connectivity index (χ1) is 18.2. The second-order valence-electron chi connectivity index (χ2n) is 8.43. The molecule has 0 heterocycles. The highest BCUT2D eigenvalue weighted by molar-refractivity contribution is 7.92. The number of methoxy groups -OCH3 is 2. The van der Waals surface area contributed by atoms with E-state index in [4.69, 9.17) is 9.47 Å². The normalized spacial score (nSPS) is 11.8. The lowest BCUT2D eigenvalue weighted by Crippen LogP contribution is -2.51. The van der Waals surface area contributed by atoms with Gasteiger partial charge in [0.1, 0.15) is 24.1 Å². The van der Waals surface area contributed by atoms with E-state index < -0.39 is 28.5 Å². The third kappa shape index (κ3) is 6.63. The van der Waals surface area contributed by atoms with Crippen molar-refractivity contribution in [2.24, 2.45) is 0 Å². The molecule has 3 aromatic rings. The van der Waals surface area contributed by atoms with Crippen LogP contribution in [0.1, 0.15) is 18.9 Å². The molecular formula is C28H33N3O6S. The van der Waals surface area contributed by atoms with Crippen molar-refractivity contribution in [1.82, 2.24) is 10.2 Å². The number of ether oxygens (including phenoxy) is 2. The molecule has 0 saturated heterocycles. The van der Waals surface area contributed by atoms with E-state index in [1.54, 1.807) is 80.8 Å². The van der Waals surface area contributed by atoms with Gasteiger partial charge in [-0.1, -0.05) is 37.3 Å². The van der Waals surface area contributed by atoms with Gasteiger partial charge in [0.2, 0.25) is 11.8 Å². The van der Waals surface area contributed by atoms with Gasteiger partial charge in [0.15, 0.2) is 0 Å². The zero-order valence-electron chi connectivity index (χ0n) is 22.0. The van der Waals surface area contributed by atoms with E-state index >= 15 is 0 Å². The standard InChI is InChI=1S/C28H33N3O6S/c1-5-26(28(33)29-2)30(19-21-11-15-23(36-3)16-12-21)27(32)20-31(22-13-17-24(37-4)18-14-22)38(34,35)25-9-7-6-8-10-25/h6-18,26H,5,19-20H2,1-4H3,(H,29,33)/t26-/m1/s1. The fraction of sp³-hybridized carbons (Fsp3) is 0.286. The van der Waals surface area contributed by atoms with Gasteiger partial charge < -0.3 is 19.7 Å². The summed E-state index contributed by atoms with van der Waals surface area (Å²) in [6.07, 6.45) is 0.343. The minimum atomic E-state index is -4.11. The molecule has 0 aliphatic carbocycles. The Bertz CT molecular complexity index is 1310. The molecule has 2 amide bonds. The molecule has 3 rings (SSSR count). The minimum absolute atomic E-state index is 0.0451. The van der Waals surface area contributed by atoms with Crippen LogP contribution in [-0.4, -0.2) is 59.0 Å². The van der Waals surface area contributed by atoms with Crippen LogP contribution in [-0.2, 0) is 26.2 Å².